The first kappa shape index (κ1) is 17.2. The first-order valence-corrected chi connectivity index (χ1v) is 7.44. The van der Waals surface area contributed by atoms with Crippen LogP contribution in [-0.4, -0.2) is 72.5 Å². The van der Waals surface area contributed by atoms with Crippen molar-refractivity contribution in [1.82, 2.24) is 14.8 Å². The molecule has 1 fully saturated rings. The molecule has 2 rings (SSSR count). The summed E-state index contributed by atoms with van der Waals surface area (Å²) >= 11 is 0. The zero-order valence-corrected chi connectivity index (χ0v) is 13.4. The predicted octanol–water partition coefficient (Wildman–Crippen LogP) is -1.06. The number of morpholine rings is 1. The number of nitrogens with zero attached hydrogens (tertiary/aromatic N) is 2. The average Bonchev–Trinajstić information content (AvgIpc) is 2.46. The molecule has 2 amide bonds. The van der Waals surface area contributed by atoms with E-state index in [0.717, 1.165) is 0 Å². The van der Waals surface area contributed by atoms with Crippen LogP contribution in [-0.2, 0) is 9.53 Å². The molecule has 0 unspecified atom stereocenters. The molecule has 0 aliphatic carbocycles. The number of hydrogen-bond donors (Lipinski definition) is 2. The second-order valence-corrected chi connectivity index (χ2v) is 5.77. The molecule has 0 spiro atoms. The van der Waals surface area contributed by atoms with E-state index >= 15 is 0 Å². The van der Waals surface area contributed by atoms with Crippen molar-refractivity contribution >= 4 is 11.8 Å². The molecule has 1 aromatic heterocycles. The van der Waals surface area contributed by atoms with Crippen LogP contribution in [0.15, 0.2) is 17.1 Å². The SMILES string of the molecule is Cc1cc[nH]c(=O)c1C(=O)N1CCO[C@@H](CN(C)CC(N)=O)C1. The highest BCUT2D eigenvalue weighted by atomic mass is 16.5. The minimum absolute atomic E-state index is 0.130. The maximum absolute atomic E-state index is 12.6. The lowest BCUT2D eigenvalue weighted by molar-refractivity contribution is -0.119. The van der Waals surface area contributed by atoms with Gasteiger partial charge in [0.25, 0.3) is 11.5 Å². The van der Waals surface area contributed by atoms with Crippen LogP contribution in [0.4, 0.5) is 0 Å². The van der Waals surface area contributed by atoms with Crippen LogP contribution in [0.5, 0.6) is 0 Å². The third-order valence-electron chi connectivity index (χ3n) is 3.75. The Kier molecular flexibility index (Phi) is 5.51. The maximum Gasteiger partial charge on any atom is 0.261 e. The minimum Gasteiger partial charge on any atom is -0.373 e. The monoisotopic (exact) mass is 322 g/mol. The van der Waals surface area contributed by atoms with Gasteiger partial charge in [0.2, 0.25) is 5.91 Å². The van der Waals surface area contributed by atoms with Crippen molar-refractivity contribution in [3.05, 3.63) is 33.7 Å². The smallest absolute Gasteiger partial charge is 0.261 e. The fourth-order valence-electron chi connectivity index (χ4n) is 2.69. The number of likely N-dealkylation sites (N-methyl/N-ethyl adjacent to an activating group) is 1. The van der Waals surface area contributed by atoms with Crippen molar-refractivity contribution in [3.8, 4) is 0 Å². The summed E-state index contributed by atoms with van der Waals surface area (Å²) in [7, 11) is 1.76. The molecule has 2 heterocycles. The Morgan fingerprint density at radius 2 is 2.26 bits per heavy atom. The van der Waals surface area contributed by atoms with E-state index in [1.807, 2.05) is 0 Å². The van der Waals surface area contributed by atoms with Gasteiger partial charge in [0, 0.05) is 25.8 Å². The quantitative estimate of drug-likeness (QED) is 0.718. The largest absolute Gasteiger partial charge is 0.373 e. The lowest BCUT2D eigenvalue weighted by Crippen LogP contribution is -2.50. The van der Waals surface area contributed by atoms with E-state index in [2.05, 4.69) is 4.98 Å². The number of hydrogen-bond acceptors (Lipinski definition) is 5. The van der Waals surface area contributed by atoms with Gasteiger partial charge < -0.3 is 20.4 Å². The van der Waals surface area contributed by atoms with Crippen LogP contribution < -0.4 is 11.3 Å². The molecule has 0 bridgehead atoms. The third kappa shape index (κ3) is 4.40. The Labute approximate surface area is 134 Å². The van der Waals surface area contributed by atoms with E-state index in [1.54, 1.807) is 29.8 Å². The zero-order valence-electron chi connectivity index (χ0n) is 13.4. The van der Waals surface area contributed by atoms with Crippen LogP contribution in [0.2, 0.25) is 0 Å². The number of primary amides is 1. The van der Waals surface area contributed by atoms with E-state index < -0.39 is 5.91 Å². The average molecular weight is 322 g/mol. The van der Waals surface area contributed by atoms with Gasteiger partial charge in [-0.05, 0) is 25.6 Å². The van der Waals surface area contributed by atoms with Crippen molar-refractivity contribution in [3.63, 3.8) is 0 Å². The topological polar surface area (TPSA) is 109 Å². The molecule has 0 saturated carbocycles. The molecule has 1 aliphatic rings. The molecular weight excluding hydrogens is 300 g/mol. The number of nitrogens with one attached hydrogen (secondary N) is 1. The van der Waals surface area contributed by atoms with Gasteiger partial charge in [0.15, 0.2) is 0 Å². The first-order chi connectivity index (χ1) is 10.9. The number of rotatable bonds is 5. The van der Waals surface area contributed by atoms with Crippen LogP contribution in [0.3, 0.4) is 0 Å². The Morgan fingerprint density at radius 1 is 1.52 bits per heavy atom. The van der Waals surface area contributed by atoms with E-state index in [4.69, 9.17) is 10.5 Å². The van der Waals surface area contributed by atoms with Gasteiger partial charge in [-0.3, -0.25) is 19.3 Å². The molecule has 1 aromatic rings. The Balaban J connectivity index is 2.05. The Hall–Kier alpha value is -2.19. The number of carbonyl (C=O) groups excluding carboxylic acids is 2. The molecule has 1 atom stereocenters. The normalized spacial score (nSPS) is 18.2. The summed E-state index contributed by atoms with van der Waals surface area (Å²) in [5, 5.41) is 0. The highest BCUT2D eigenvalue weighted by molar-refractivity contribution is 5.95. The Morgan fingerprint density at radius 3 is 2.91 bits per heavy atom. The first-order valence-electron chi connectivity index (χ1n) is 7.44. The predicted molar refractivity (Wildman–Crippen MR) is 84.1 cm³/mol. The molecule has 1 aliphatic heterocycles. The van der Waals surface area contributed by atoms with Gasteiger partial charge in [-0.15, -0.1) is 0 Å². The zero-order chi connectivity index (χ0) is 17.0. The lowest BCUT2D eigenvalue weighted by Gasteiger charge is -2.34. The standard InChI is InChI=1S/C15H22N4O4/c1-10-3-4-17-14(21)13(10)15(22)19-5-6-23-11(8-19)7-18(2)9-12(16)20/h3-4,11H,5-9H2,1-2H3,(H2,16,20)(H,17,21)/t11-/m0/s1. The Bertz CT molecular complexity index is 643. The highest BCUT2D eigenvalue weighted by Crippen LogP contribution is 2.11. The van der Waals surface area contributed by atoms with E-state index in [0.29, 0.717) is 31.8 Å². The lowest BCUT2D eigenvalue weighted by atomic mass is 10.1. The van der Waals surface area contributed by atoms with Gasteiger partial charge in [0.05, 0.1) is 19.3 Å². The number of aromatic nitrogens is 1. The number of pyridine rings is 1. The molecule has 1 saturated heterocycles. The summed E-state index contributed by atoms with van der Waals surface area (Å²) in [4.78, 5) is 41.3. The maximum atomic E-state index is 12.6. The van der Waals surface area contributed by atoms with Crippen LogP contribution in [0.25, 0.3) is 0 Å². The fraction of sp³-hybridized carbons (Fsp3) is 0.533. The van der Waals surface area contributed by atoms with Gasteiger partial charge in [-0.25, -0.2) is 0 Å². The van der Waals surface area contributed by atoms with E-state index in [-0.39, 0.29) is 29.7 Å². The van der Waals surface area contributed by atoms with Gasteiger partial charge >= 0.3 is 0 Å². The van der Waals surface area contributed by atoms with Crippen LogP contribution in [0, 0.1) is 6.92 Å². The number of ether oxygens (including phenoxy) is 1. The molecule has 0 radical (unpaired) electrons. The van der Waals surface area contributed by atoms with Crippen molar-refractivity contribution in [2.24, 2.45) is 5.73 Å². The number of nitrogens with two attached hydrogens (primary N) is 1. The van der Waals surface area contributed by atoms with Crippen molar-refractivity contribution < 1.29 is 14.3 Å². The van der Waals surface area contributed by atoms with Crippen molar-refractivity contribution in [1.29, 1.82) is 0 Å². The van der Waals surface area contributed by atoms with Crippen LogP contribution >= 0.6 is 0 Å². The number of H-pyrrole nitrogens is 1. The molecule has 8 heteroatoms. The summed E-state index contributed by atoms with van der Waals surface area (Å²) < 4.78 is 5.63. The molecular formula is C15H22N4O4. The summed E-state index contributed by atoms with van der Waals surface area (Å²) in [6.07, 6.45) is 1.30. The third-order valence-corrected chi connectivity index (χ3v) is 3.75. The van der Waals surface area contributed by atoms with Crippen LogP contribution in [0.1, 0.15) is 15.9 Å². The summed E-state index contributed by atoms with van der Waals surface area (Å²) in [5.74, 6) is -0.710. The molecule has 126 valence electrons. The second-order valence-electron chi connectivity index (χ2n) is 5.77. The second kappa shape index (κ2) is 7.38. The molecule has 23 heavy (non-hydrogen) atoms. The molecule has 3 N–H and O–H groups in total. The summed E-state index contributed by atoms with van der Waals surface area (Å²) in [6, 6.07) is 1.70. The van der Waals surface area contributed by atoms with E-state index in [1.165, 1.54) is 6.20 Å². The van der Waals surface area contributed by atoms with Crippen molar-refractivity contribution in [2.45, 2.75) is 13.0 Å². The number of amides is 2. The van der Waals surface area contributed by atoms with Gasteiger partial charge in [0.1, 0.15) is 5.56 Å². The summed E-state index contributed by atoms with van der Waals surface area (Å²) in [6.45, 7) is 3.55. The van der Waals surface area contributed by atoms with Gasteiger partial charge in [-0.1, -0.05) is 0 Å². The molecule has 0 aromatic carbocycles. The summed E-state index contributed by atoms with van der Waals surface area (Å²) in [5.41, 5.74) is 5.59. The van der Waals surface area contributed by atoms with E-state index in [9.17, 15) is 14.4 Å². The number of carbonyl (C=O) groups is 2. The fourth-order valence-corrected chi connectivity index (χ4v) is 2.69. The number of aryl methyl sites for hydroxylation is 1. The minimum atomic E-state index is -0.414. The molecule has 8 nitrogen and oxygen atoms in total. The highest BCUT2D eigenvalue weighted by Gasteiger charge is 2.28. The van der Waals surface area contributed by atoms with Crippen molar-refractivity contribution in [2.75, 3.05) is 39.8 Å². The number of aromatic amines is 1. The van der Waals surface area contributed by atoms with Gasteiger partial charge in [-0.2, -0.15) is 0 Å².